The summed E-state index contributed by atoms with van der Waals surface area (Å²) in [6.45, 7) is 5.10. The van der Waals surface area contributed by atoms with Gasteiger partial charge < -0.3 is 15.3 Å². The lowest BCUT2D eigenvalue weighted by Gasteiger charge is -2.15. The van der Waals surface area contributed by atoms with Crippen LogP contribution in [0.15, 0.2) is 17.1 Å². The van der Waals surface area contributed by atoms with E-state index < -0.39 is 17.3 Å². The molecule has 2 aliphatic rings. The van der Waals surface area contributed by atoms with Crippen LogP contribution in [0.5, 0.6) is 5.88 Å². The predicted octanol–water partition coefficient (Wildman–Crippen LogP) is 1.14. The van der Waals surface area contributed by atoms with Crippen molar-refractivity contribution in [3.05, 3.63) is 33.8 Å². The molecule has 168 valence electrons. The van der Waals surface area contributed by atoms with Crippen molar-refractivity contribution in [3.63, 3.8) is 0 Å². The molecule has 4 rings (SSSR count). The third-order valence-electron chi connectivity index (χ3n) is 5.69. The van der Waals surface area contributed by atoms with Crippen molar-refractivity contribution in [1.29, 1.82) is 5.26 Å². The van der Waals surface area contributed by atoms with Gasteiger partial charge in [0.1, 0.15) is 5.65 Å². The quantitative estimate of drug-likeness (QED) is 0.650. The van der Waals surface area contributed by atoms with E-state index in [1.54, 1.807) is 11.0 Å². The van der Waals surface area contributed by atoms with Crippen LogP contribution < -0.4 is 10.9 Å². The molecule has 0 aromatic carbocycles. The lowest BCUT2D eigenvalue weighted by molar-refractivity contribution is -0.125. The van der Waals surface area contributed by atoms with Crippen LogP contribution in [0.2, 0.25) is 0 Å². The van der Waals surface area contributed by atoms with Gasteiger partial charge in [0.2, 0.25) is 11.8 Å². The first-order valence-electron chi connectivity index (χ1n) is 10.8. The van der Waals surface area contributed by atoms with Gasteiger partial charge in [-0.05, 0) is 31.3 Å². The number of amides is 2. The van der Waals surface area contributed by atoms with Crippen molar-refractivity contribution in [1.82, 2.24) is 24.4 Å². The summed E-state index contributed by atoms with van der Waals surface area (Å²) in [7, 11) is 0. The molecule has 1 aliphatic carbocycles. The predicted molar refractivity (Wildman–Crippen MR) is 116 cm³/mol. The minimum atomic E-state index is -0.613. The van der Waals surface area contributed by atoms with E-state index in [0.717, 1.165) is 17.4 Å². The summed E-state index contributed by atoms with van der Waals surface area (Å²) in [5.41, 5.74) is -0.153. The number of hydrogen-bond acceptors (Lipinski definition) is 6. The third-order valence-corrected chi connectivity index (χ3v) is 5.69. The Morgan fingerprint density at radius 3 is 2.75 bits per heavy atom. The van der Waals surface area contributed by atoms with Crippen molar-refractivity contribution >= 4 is 23.5 Å². The van der Waals surface area contributed by atoms with Gasteiger partial charge >= 0.3 is 0 Å². The standard InChI is InChI=1S/C22H26N6O4/c1-13(2)11-27-20-15(3-6-17(29)26-8-7-14(9-23)12-26)10-24-28(20)22(32)18(21(27)31)19(30)25-16-4-5-16/h3,6,10,13-14,16,32H,4-5,7-8,11-12H2,1-2H3,(H,25,30)/b6-3+/t14-/m0/s1. The van der Waals surface area contributed by atoms with Crippen LogP contribution in [0.3, 0.4) is 0 Å². The molecule has 2 amide bonds. The van der Waals surface area contributed by atoms with Crippen LogP contribution in [0.25, 0.3) is 11.7 Å². The number of carbonyl (C=O) groups excluding carboxylic acids is 2. The number of hydrogen-bond donors (Lipinski definition) is 2. The van der Waals surface area contributed by atoms with E-state index in [2.05, 4.69) is 16.5 Å². The largest absolute Gasteiger partial charge is 0.492 e. The fourth-order valence-electron chi connectivity index (χ4n) is 3.88. The monoisotopic (exact) mass is 438 g/mol. The molecule has 2 N–H and O–H groups in total. The number of fused-ring (bicyclic) bond motifs is 1. The SMILES string of the molecule is CC(C)Cn1c(=O)c(C(=O)NC2CC2)c(O)n2ncc(/C=C/C(=O)N3CC[C@@H](C#N)C3)c12. The zero-order valence-corrected chi connectivity index (χ0v) is 18.1. The Morgan fingerprint density at radius 2 is 2.12 bits per heavy atom. The maximum Gasteiger partial charge on any atom is 0.270 e. The highest BCUT2D eigenvalue weighted by molar-refractivity contribution is 5.97. The van der Waals surface area contributed by atoms with Crippen molar-refractivity contribution in [2.24, 2.45) is 11.8 Å². The Hall–Kier alpha value is -3.61. The molecule has 2 aromatic heterocycles. The summed E-state index contributed by atoms with van der Waals surface area (Å²) >= 11 is 0. The Bertz CT molecular complexity index is 1200. The van der Waals surface area contributed by atoms with E-state index in [0.29, 0.717) is 37.3 Å². The van der Waals surface area contributed by atoms with Gasteiger partial charge in [0, 0.05) is 37.3 Å². The lowest BCUT2D eigenvalue weighted by atomic mass is 10.1. The molecule has 2 aromatic rings. The van der Waals surface area contributed by atoms with E-state index in [1.165, 1.54) is 16.8 Å². The van der Waals surface area contributed by atoms with E-state index in [-0.39, 0.29) is 29.3 Å². The minimum Gasteiger partial charge on any atom is -0.492 e. The van der Waals surface area contributed by atoms with Crippen LogP contribution in [0.1, 0.15) is 49.0 Å². The highest BCUT2D eigenvalue weighted by atomic mass is 16.3. The van der Waals surface area contributed by atoms with Crippen LogP contribution in [0.4, 0.5) is 0 Å². The van der Waals surface area contributed by atoms with Gasteiger partial charge in [-0.3, -0.25) is 19.0 Å². The summed E-state index contributed by atoms with van der Waals surface area (Å²) in [4.78, 5) is 40.0. The van der Waals surface area contributed by atoms with Gasteiger partial charge in [-0.1, -0.05) is 13.8 Å². The second-order valence-corrected chi connectivity index (χ2v) is 8.82. The molecule has 2 fully saturated rings. The minimum absolute atomic E-state index is 0.0314. The molecule has 1 saturated heterocycles. The molecule has 10 heteroatoms. The van der Waals surface area contributed by atoms with Gasteiger partial charge in [-0.2, -0.15) is 14.9 Å². The summed E-state index contributed by atoms with van der Waals surface area (Å²) in [5, 5.41) is 26.7. The third kappa shape index (κ3) is 4.10. The maximum absolute atomic E-state index is 13.2. The van der Waals surface area contributed by atoms with Crippen LogP contribution in [0, 0.1) is 23.2 Å². The Labute approximate surface area is 184 Å². The lowest BCUT2D eigenvalue weighted by Crippen LogP contribution is -2.36. The molecule has 0 radical (unpaired) electrons. The average Bonchev–Trinajstić information content (AvgIpc) is 3.26. The van der Waals surface area contributed by atoms with Crippen molar-refractivity contribution in [2.45, 2.75) is 45.7 Å². The number of rotatable bonds is 6. The molecular weight excluding hydrogens is 412 g/mol. The van der Waals surface area contributed by atoms with Gasteiger partial charge in [0.25, 0.3) is 11.5 Å². The zero-order chi connectivity index (χ0) is 23.0. The number of carbonyl (C=O) groups is 2. The summed E-state index contributed by atoms with van der Waals surface area (Å²) < 4.78 is 2.59. The molecule has 0 bridgehead atoms. The smallest absolute Gasteiger partial charge is 0.270 e. The molecule has 1 atom stereocenters. The van der Waals surface area contributed by atoms with Crippen LogP contribution in [-0.4, -0.2) is 55.1 Å². The van der Waals surface area contributed by atoms with Gasteiger partial charge in [0.15, 0.2) is 5.56 Å². The van der Waals surface area contributed by atoms with Gasteiger partial charge in [0.05, 0.1) is 18.2 Å². The van der Waals surface area contributed by atoms with E-state index in [9.17, 15) is 19.5 Å². The first kappa shape index (κ1) is 21.6. The van der Waals surface area contributed by atoms with E-state index in [1.807, 2.05) is 13.8 Å². The van der Waals surface area contributed by atoms with Crippen molar-refractivity contribution < 1.29 is 14.7 Å². The van der Waals surface area contributed by atoms with E-state index in [4.69, 9.17) is 5.26 Å². The number of nitrogens with one attached hydrogen (secondary N) is 1. The Kier molecular flexibility index (Phi) is 5.74. The van der Waals surface area contributed by atoms with Crippen molar-refractivity contribution in [2.75, 3.05) is 13.1 Å². The van der Waals surface area contributed by atoms with Crippen molar-refractivity contribution in [3.8, 4) is 11.9 Å². The fraction of sp³-hybridized carbons (Fsp3) is 0.500. The topological polar surface area (TPSA) is 133 Å². The number of nitriles is 1. The summed E-state index contributed by atoms with van der Waals surface area (Å²) in [5.74, 6) is -1.44. The zero-order valence-electron chi connectivity index (χ0n) is 18.1. The number of nitrogens with zero attached hydrogens (tertiary/aromatic N) is 5. The first-order chi connectivity index (χ1) is 15.3. The number of likely N-dealkylation sites (tertiary alicyclic amines) is 1. The highest BCUT2D eigenvalue weighted by Crippen LogP contribution is 2.24. The van der Waals surface area contributed by atoms with Gasteiger partial charge in [-0.15, -0.1) is 0 Å². The van der Waals surface area contributed by atoms with Crippen LogP contribution in [-0.2, 0) is 11.3 Å². The Morgan fingerprint density at radius 1 is 1.38 bits per heavy atom. The second-order valence-electron chi connectivity index (χ2n) is 8.82. The Balaban J connectivity index is 1.73. The van der Waals surface area contributed by atoms with E-state index >= 15 is 0 Å². The normalized spacial score (nSPS) is 18.6. The second kappa shape index (κ2) is 8.49. The molecule has 3 heterocycles. The first-order valence-corrected chi connectivity index (χ1v) is 10.8. The molecule has 1 aliphatic heterocycles. The average molecular weight is 438 g/mol. The number of aromatic nitrogens is 3. The molecule has 1 saturated carbocycles. The summed E-state index contributed by atoms with van der Waals surface area (Å²) in [6, 6.07) is 2.21. The maximum atomic E-state index is 13.2. The molecule has 32 heavy (non-hydrogen) atoms. The fourth-order valence-corrected chi connectivity index (χ4v) is 3.88. The molecular formula is C22H26N6O4. The van der Waals surface area contributed by atoms with Gasteiger partial charge in [-0.25, -0.2) is 0 Å². The van der Waals surface area contributed by atoms with Crippen LogP contribution >= 0.6 is 0 Å². The summed E-state index contributed by atoms with van der Waals surface area (Å²) in [6.07, 6.45) is 6.73. The molecule has 10 nitrogen and oxygen atoms in total. The highest BCUT2D eigenvalue weighted by Gasteiger charge is 2.30. The molecule has 0 spiro atoms. The number of aromatic hydroxyl groups is 1. The molecule has 0 unspecified atom stereocenters.